The van der Waals surface area contributed by atoms with Crippen LogP contribution in [0, 0.1) is 17.3 Å². The van der Waals surface area contributed by atoms with Crippen molar-refractivity contribution in [1.29, 1.82) is 0 Å². The van der Waals surface area contributed by atoms with Crippen molar-refractivity contribution in [2.24, 2.45) is 17.3 Å². The van der Waals surface area contributed by atoms with Gasteiger partial charge in [0.05, 0.1) is 6.10 Å². The van der Waals surface area contributed by atoms with Crippen molar-refractivity contribution in [3.63, 3.8) is 0 Å². The van der Waals surface area contributed by atoms with Gasteiger partial charge in [-0.2, -0.15) is 0 Å². The zero-order valence-electron chi connectivity index (χ0n) is 17.3. The third-order valence-electron chi connectivity index (χ3n) is 7.25. The Morgan fingerprint density at radius 1 is 1.37 bits per heavy atom. The van der Waals surface area contributed by atoms with Crippen molar-refractivity contribution in [1.82, 2.24) is 0 Å². The van der Waals surface area contributed by atoms with Crippen LogP contribution in [0.25, 0.3) is 0 Å². The van der Waals surface area contributed by atoms with Crippen LogP contribution in [0.2, 0.25) is 0 Å². The first kappa shape index (κ1) is 20.1. The summed E-state index contributed by atoms with van der Waals surface area (Å²) in [5.41, 5.74) is 2.12. The Morgan fingerprint density at radius 3 is 2.70 bits per heavy atom. The second-order valence-electron chi connectivity index (χ2n) is 8.39. The van der Waals surface area contributed by atoms with E-state index in [1.165, 1.54) is 0 Å². The van der Waals surface area contributed by atoms with Crippen molar-refractivity contribution in [3.05, 3.63) is 22.8 Å². The van der Waals surface area contributed by atoms with Crippen molar-refractivity contribution in [2.45, 2.75) is 79.1 Å². The highest BCUT2D eigenvalue weighted by molar-refractivity contribution is 5.92. The minimum absolute atomic E-state index is 0.123. The molecule has 150 valence electrons. The van der Waals surface area contributed by atoms with E-state index in [-0.39, 0.29) is 41.6 Å². The van der Waals surface area contributed by atoms with E-state index < -0.39 is 0 Å². The summed E-state index contributed by atoms with van der Waals surface area (Å²) >= 11 is 0. The van der Waals surface area contributed by atoms with Gasteiger partial charge in [-0.1, -0.05) is 19.9 Å². The molecular formula is C22H32O5. The van der Waals surface area contributed by atoms with Gasteiger partial charge in [0.15, 0.2) is 0 Å². The molecule has 1 heterocycles. The first-order valence-corrected chi connectivity index (χ1v) is 10.1. The topological polar surface area (TPSA) is 61.8 Å². The highest BCUT2D eigenvalue weighted by atomic mass is 16.6. The minimum atomic E-state index is -0.243. The smallest absolute Gasteiger partial charge is 0.334 e. The number of carbonyl (C=O) groups excluding carboxylic acids is 2. The number of ether oxygens (including phenoxy) is 3. The fraction of sp³-hybridized carbons (Fsp3) is 0.727. The molecule has 0 aromatic heterocycles. The van der Waals surface area contributed by atoms with E-state index in [2.05, 4.69) is 13.8 Å². The lowest BCUT2D eigenvalue weighted by molar-refractivity contribution is -0.178. The number of fused-ring (bicyclic) bond motifs is 2. The second-order valence-corrected chi connectivity index (χ2v) is 8.39. The molecule has 2 saturated carbocycles. The van der Waals surface area contributed by atoms with Gasteiger partial charge in [-0.05, 0) is 52.9 Å². The Hall–Kier alpha value is -1.62. The number of rotatable bonds is 4. The molecule has 0 radical (unpaired) electrons. The molecular weight excluding hydrogens is 344 g/mol. The van der Waals surface area contributed by atoms with Crippen LogP contribution < -0.4 is 0 Å². The molecule has 0 bridgehead atoms. The van der Waals surface area contributed by atoms with Gasteiger partial charge >= 0.3 is 11.9 Å². The first-order valence-electron chi connectivity index (χ1n) is 10.1. The summed E-state index contributed by atoms with van der Waals surface area (Å²) in [5.74, 6) is 0.0294. The van der Waals surface area contributed by atoms with E-state index >= 15 is 0 Å². The van der Waals surface area contributed by atoms with Crippen LogP contribution in [-0.4, -0.2) is 36.9 Å². The van der Waals surface area contributed by atoms with Crippen LogP contribution in [-0.2, 0) is 23.8 Å². The quantitative estimate of drug-likeness (QED) is 0.549. The number of esters is 2. The molecule has 0 spiro atoms. The monoisotopic (exact) mass is 376 g/mol. The molecule has 0 aromatic carbocycles. The van der Waals surface area contributed by atoms with E-state index in [1.807, 2.05) is 20.8 Å². The SMILES string of the molecule is C/C=C(/C)C(=O)O[C@H]1CC[C@@H]2C[C@@H]3OC(=O)C(C)=C3[C@@H](OCC)[C@]2(C)[C@H]1C. The summed E-state index contributed by atoms with van der Waals surface area (Å²) in [5, 5.41) is 0. The summed E-state index contributed by atoms with van der Waals surface area (Å²) in [6, 6.07) is 0. The van der Waals surface area contributed by atoms with E-state index in [0.29, 0.717) is 23.7 Å². The molecule has 0 amide bonds. The lowest BCUT2D eigenvalue weighted by Gasteiger charge is -2.56. The number of hydrogen-bond donors (Lipinski definition) is 0. The molecule has 2 fully saturated rings. The molecule has 1 aliphatic heterocycles. The van der Waals surface area contributed by atoms with Crippen molar-refractivity contribution < 1.29 is 23.8 Å². The van der Waals surface area contributed by atoms with Crippen molar-refractivity contribution in [3.8, 4) is 0 Å². The van der Waals surface area contributed by atoms with Gasteiger partial charge in [0.25, 0.3) is 0 Å². The number of allylic oxidation sites excluding steroid dienone is 1. The molecule has 3 aliphatic rings. The molecule has 3 rings (SSSR count). The number of hydrogen-bond acceptors (Lipinski definition) is 5. The largest absolute Gasteiger partial charge is 0.459 e. The molecule has 6 atom stereocenters. The molecule has 5 nitrogen and oxygen atoms in total. The number of carbonyl (C=O) groups is 2. The Morgan fingerprint density at radius 2 is 2.07 bits per heavy atom. The van der Waals surface area contributed by atoms with Gasteiger partial charge in [-0.15, -0.1) is 0 Å². The first-order chi connectivity index (χ1) is 12.7. The van der Waals surface area contributed by atoms with Gasteiger partial charge in [-0.25, -0.2) is 9.59 Å². The second kappa shape index (κ2) is 7.42. The molecule has 0 unspecified atom stereocenters. The molecule has 0 saturated heterocycles. The van der Waals surface area contributed by atoms with Gasteiger partial charge in [0.1, 0.15) is 12.2 Å². The van der Waals surface area contributed by atoms with Crippen LogP contribution in [0.4, 0.5) is 0 Å². The van der Waals surface area contributed by atoms with Gasteiger partial charge < -0.3 is 14.2 Å². The van der Waals surface area contributed by atoms with E-state index in [9.17, 15) is 9.59 Å². The van der Waals surface area contributed by atoms with Gasteiger partial charge in [-0.3, -0.25) is 0 Å². The molecule has 0 N–H and O–H groups in total. The Bertz CT molecular complexity index is 691. The Labute approximate surface area is 162 Å². The minimum Gasteiger partial charge on any atom is -0.459 e. The summed E-state index contributed by atoms with van der Waals surface area (Å²) in [6.07, 6.45) is 3.90. The third-order valence-corrected chi connectivity index (χ3v) is 7.25. The zero-order chi connectivity index (χ0) is 19.9. The summed E-state index contributed by atoms with van der Waals surface area (Å²) in [6.45, 7) is 12.4. The molecule has 2 aliphatic carbocycles. The fourth-order valence-electron chi connectivity index (χ4n) is 5.24. The third kappa shape index (κ3) is 3.14. The maximum Gasteiger partial charge on any atom is 0.334 e. The standard InChI is InChI=1S/C22H32O5/c1-7-12(3)20(23)26-16-10-9-15-11-17-18(13(4)21(24)27-17)19(25-8-2)22(15,6)14(16)5/h7,14-17,19H,8-11H2,1-6H3/b12-7-/t14-,15+,16-,17-,19+,22+/m0/s1. The van der Waals surface area contributed by atoms with Crippen LogP contribution in [0.15, 0.2) is 22.8 Å². The van der Waals surface area contributed by atoms with E-state index in [1.54, 1.807) is 13.0 Å². The summed E-state index contributed by atoms with van der Waals surface area (Å²) in [7, 11) is 0. The van der Waals surface area contributed by atoms with Crippen LogP contribution in [0.5, 0.6) is 0 Å². The van der Waals surface area contributed by atoms with E-state index in [0.717, 1.165) is 24.8 Å². The summed E-state index contributed by atoms with van der Waals surface area (Å²) in [4.78, 5) is 24.5. The summed E-state index contributed by atoms with van der Waals surface area (Å²) < 4.78 is 17.8. The normalized spacial score (nSPS) is 39.0. The van der Waals surface area contributed by atoms with Crippen LogP contribution in [0.1, 0.15) is 60.8 Å². The zero-order valence-corrected chi connectivity index (χ0v) is 17.3. The van der Waals surface area contributed by atoms with Gasteiger partial charge in [0.2, 0.25) is 0 Å². The lowest BCUT2D eigenvalue weighted by atomic mass is 9.52. The highest BCUT2D eigenvalue weighted by Crippen LogP contribution is 2.58. The predicted octanol–water partition coefficient (Wildman–Crippen LogP) is 3.97. The fourth-order valence-corrected chi connectivity index (χ4v) is 5.24. The Kier molecular flexibility index (Phi) is 5.53. The highest BCUT2D eigenvalue weighted by Gasteiger charge is 2.59. The van der Waals surface area contributed by atoms with Crippen molar-refractivity contribution >= 4 is 11.9 Å². The maximum absolute atomic E-state index is 12.3. The van der Waals surface area contributed by atoms with Crippen LogP contribution in [0.3, 0.4) is 0 Å². The average molecular weight is 376 g/mol. The lowest BCUT2D eigenvalue weighted by Crippen LogP contribution is -2.58. The molecule has 5 heteroatoms. The van der Waals surface area contributed by atoms with Crippen molar-refractivity contribution in [2.75, 3.05) is 6.61 Å². The van der Waals surface area contributed by atoms with Crippen LogP contribution >= 0.6 is 0 Å². The molecule has 27 heavy (non-hydrogen) atoms. The Balaban J connectivity index is 1.94. The van der Waals surface area contributed by atoms with E-state index in [4.69, 9.17) is 14.2 Å². The van der Waals surface area contributed by atoms with Gasteiger partial charge in [0, 0.05) is 34.7 Å². The molecule has 0 aromatic rings. The average Bonchev–Trinajstić information content (AvgIpc) is 2.92. The maximum atomic E-state index is 12.3. The predicted molar refractivity (Wildman–Crippen MR) is 102 cm³/mol.